The molecule has 2 nitrogen and oxygen atoms in total. The Labute approximate surface area is 166 Å². The van der Waals surface area contributed by atoms with Gasteiger partial charge in [-0.05, 0) is 56.9 Å². The van der Waals surface area contributed by atoms with Gasteiger partial charge in [-0.25, -0.2) is 0 Å². The Bertz CT molecular complexity index is 569. The van der Waals surface area contributed by atoms with E-state index >= 15 is 0 Å². The predicted molar refractivity (Wildman–Crippen MR) is 116 cm³/mol. The standard InChI is InChI=1S/C23H34N2.ClH/c1-4-25(5-2)18-12-13-20(3)24-23(22-16-10-7-11-17-22)19-21-14-8-6-9-15-21;/h6-11,14-17,20,23-24H,4-5,12-13,18-19H2,1-3H3;1H. The van der Waals surface area contributed by atoms with Crippen LogP contribution in [-0.2, 0) is 6.42 Å². The van der Waals surface area contributed by atoms with Crippen LogP contribution in [0.25, 0.3) is 0 Å². The van der Waals surface area contributed by atoms with Crippen molar-refractivity contribution in [1.82, 2.24) is 10.2 Å². The Hall–Kier alpha value is -1.35. The van der Waals surface area contributed by atoms with Crippen molar-refractivity contribution in [2.75, 3.05) is 19.6 Å². The Morgan fingerprint density at radius 3 is 2.04 bits per heavy atom. The zero-order chi connectivity index (χ0) is 17.9. The molecule has 0 radical (unpaired) electrons. The van der Waals surface area contributed by atoms with Gasteiger partial charge in [0.2, 0.25) is 0 Å². The van der Waals surface area contributed by atoms with E-state index in [2.05, 4.69) is 91.7 Å². The van der Waals surface area contributed by atoms with E-state index < -0.39 is 0 Å². The molecule has 0 spiro atoms. The molecule has 0 aliphatic rings. The van der Waals surface area contributed by atoms with E-state index in [0.717, 1.165) is 19.5 Å². The van der Waals surface area contributed by atoms with Crippen molar-refractivity contribution in [3.05, 3.63) is 71.8 Å². The molecule has 2 aromatic rings. The van der Waals surface area contributed by atoms with Gasteiger partial charge >= 0.3 is 0 Å². The third-order valence-corrected chi connectivity index (χ3v) is 4.98. The second kappa shape index (κ2) is 12.9. The third-order valence-electron chi connectivity index (χ3n) is 4.98. The quantitative estimate of drug-likeness (QED) is 0.559. The maximum Gasteiger partial charge on any atom is 0.0363 e. The van der Waals surface area contributed by atoms with Crippen molar-refractivity contribution < 1.29 is 0 Å². The Morgan fingerprint density at radius 1 is 0.885 bits per heavy atom. The Morgan fingerprint density at radius 2 is 1.46 bits per heavy atom. The highest BCUT2D eigenvalue weighted by Gasteiger charge is 2.15. The van der Waals surface area contributed by atoms with E-state index in [9.17, 15) is 0 Å². The lowest BCUT2D eigenvalue weighted by Crippen LogP contribution is -2.33. The lowest BCUT2D eigenvalue weighted by Gasteiger charge is -2.25. The van der Waals surface area contributed by atoms with Crippen molar-refractivity contribution in [1.29, 1.82) is 0 Å². The molecule has 0 saturated carbocycles. The predicted octanol–water partition coefficient (Wildman–Crippen LogP) is 5.49. The summed E-state index contributed by atoms with van der Waals surface area (Å²) in [6.07, 6.45) is 3.50. The van der Waals surface area contributed by atoms with Gasteiger partial charge in [-0.3, -0.25) is 0 Å². The summed E-state index contributed by atoms with van der Waals surface area (Å²) in [6.45, 7) is 10.3. The number of hydrogen-bond acceptors (Lipinski definition) is 2. The number of hydrogen-bond donors (Lipinski definition) is 1. The molecule has 0 aromatic heterocycles. The number of rotatable bonds is 11. The molecule has 0 heterocycles. The van der Waals surface area contributed by atoms with Gasteiger partial charge in [0.15, 0.2) is 0 Å². The Balaban J connectivity index is 0.00000338. The summed E-state index contributed by atoms with van der Waals surface area (Å²) in [5.74, 6) is 0. The first kappa shape index (κ1) is 22.7. The third kappa shape index (κ3) is 7.90. The molecule has 2 unspecified atom stereocenters. The molecule has 26 heavy (non-hydrogen) atoms. The van der Waals surface area contributed by atoms with Crippen LogP contribution in [0, 0.1) is 0 Å². The van der Waals surface area contributed by atoms with Crippen LogP contribution in [0.3, 0.4) is 0 Å². The second-order valence-corrected chi connectivity index (χ2v) is 6.89. The first-order valence-electron chi connectivity index (χ1n) is 9.80. The molecule has 0 bridgehead atoms. The van der Waals surface area contributed by atoms with Gasteiger partial charge in [-0.1, -0.05) is 74.5 Å². The molecule has 3 heteroatoms. The highest BCUT2D eigenvalue weighted by Crippen LogP contribution is 2.20. The normalized spacial score (nSPS) is 13.2. The summed E-state index contributed by atoms with van der Waals surface area (Å²) in [4.78, 5) is 2.51. The summed E-state index contributed by atoms with van der Waals surface area (Å²) < 4.78 is 0. The molecule has 0 amide bonds. The topological polar surface area (TPSA) is 15.3 Å². The molecular formula is C23H35ClN2. The first-order chi connectivity index (χ1) is 12.2. The second-order valence-electron chi connectivity index (χ2n) is 6.89. The van der Waals surface area contributed by atoms with E-state index in [0.29, 0.717) is 12.1 Å². The average Bonchev–Trinajstić information content (AvgIpc) is 2.66. The minimum Gasteiger partial charge on any atom is -0.307 e. The molecular weight excluding hydrogens is 340 g/mol. The monoisotopic (exact) mass is 374 g/mol. The lowest BCUT2D eigenvalue weighted by molar-refractivity contribution is 0.288. The smallest absolute Gasteiger partial charge is 0.0363 e. The van der Waals surface area contributed by atoms with Gasteiger partial charge in [0.05, 0.1) is 0 Å². The molecule has 2 rings (SSSR count). The fraction of sp³-hybridized carbons (Fsp3) is 0.478. The minimum atomic E-state index is 0. The highest BCUT2D eigenvalue weighted by atomic mass is 35.5. The van der Waals surface area contributed by atoms with Crippen molar-refractivity contribution in [2.45, 2.75) is 52.1 Å². The SMILES string of the molecule is CCN(CC)CCCC(C)NC(Cc1ccccc1)c1ccccc1.Cl. The zero-order valence-electron chi connectivity index (χ0n) is 16.5. The van der Waals surface area contributed by atoms with Gasteiger partial charge in [-0.15, -0.1) is 12.4 Å². The van der Waals surface area contributed by atoms with E-state index in [1.807, 2.05) is 0 Å². The summed E-state index contributed by atoms with van der Waals surface area (Å²) in [6, 6.07) is 22.5. The van der Waals surface area contributed by atoms with Gasteiger partial charge in [0, 0.05) is 12.1 Å². The van der Waals surface area contributed by atoms with E-state index in [4.69, 9.17) is 0 Å². The van der Waals surface area contributed by atoms with Crippen LogP contribution in [-0.4, -0.2) is 30.6 Å². The lowest BCUT2D eigenvalue weighted by atomic mass is 9.97. The van der Waals surface area contributed by atoms with Crippen molar-refractivity contribution in [3.8, 4) is 0 Å². The molecule has 0 fully saturated rings. The fourth-order valence-electron chi connectivity index (χ4n) is 3.40. The maximum atomic E-state index is 3.87. The van der Waals surface area contributed by atoms with Crippen LogP contribution in [0.15, 0.2) is 60.7 Å². The van der Waals surface area contributed by atoms with Crippen LogP contribution in [0.2, 0.25) is 0 Å². The molecule has 144 valence electrons. The number of nitrogens with one attached hydrogen (secondary N) is 1. The van der Waals surface area contributed by atoms with Crippen molar-refractivity contribution >= 4 is 12.4 Å². The van der Waals surface area contributed by atoms with Gasteiger partial charge in [0.1, 0.15) is 0 Å². The van der Waals surface area contributed by atoms with E-state index in [1.54, 1.807) is 0 Å². The molecule has 2 aromatic carbocycles. The number of benzene rings is 2. The van der Waals surface area contributed by atoms with E-state index in [1.165, 1.54) is 30.5 Å². The molecule has 0 aliphatic heterocycles. The summed E-state index contributed by atoms with van der Waals surface area (Å²) >= 11 is 0. The minimum absolute atomic E-state index is 0. The molecule has 1 N–H and O–H groups in total. The molecule has 0 saturated heterocycles. The van der Waals surface area contributed by atoms with Crippen LogP contribution in [0.1, 0.15) is 50.8 Å². The van der Waals surface area contributed by atoms with Crippen LogP contribution in [0.4, 0.5) is 0 Å². The van der Waals surface area contributed by atoms with Crippen molar-refractivity contribution in [3.63, 3.8) is 0 Å². The number of nitrogens with zero attached hydrogens (tertiary/aromatic N) is 1. The highest BCUT2D eigenvalue weighted by molar-refractivity contribution is 5.85. The zero-order valence-corrected chi connectivity index (χ0v) is 17.3. The summed E-state index contributed by atoms with van der Waals surface area (Å²) in [5.41, 5.74) is 2.76. The summed E-state index contributed by atoms with van der Waals surface area (Å²) in [5, 5.41) is 3.87. The van der Waals surface area contributed by atoms with Crippen LogP contribution < -0.4 is 5.32 Å². The molecule has 0 aliphatic carbocycles. The average molecular weight is 375 g/mol. The Kier molecular flexibility index (Phi) is 11.3. The van der Waals surface area contributed by atoms with Gasteiger partial charge in [-0.2, -0.15) is 0 Å². The first-order valence-corrected chi connectivity index (χ1v) is 9.80. The van der Waals surface area contributed by atoms with Crippen LogP contribution >= 0.6 is 12.4 Å². The summed E-state index contributed by atoms with van der Waals surface area (Å²) in [7, 11) is 0. The van der Waals surface area contributed by atoms with Gasteiger partial charge < -0.3 is 10.2 Å². The fourth-order valence-corrected chi connectivity index (χ4v) is 3.40. The largest absolute Gasteiger partial charge is 0.307 e. The maximum absolute atomic E-state index is 3.87. The number of halogens is 1. The van der Waals surface area contributed by atoms with Crippen LogP contribution in [0.5, 0.6) is 0 Å². The van der Waals surface area contributed by atoms with Gasteiger partial charge in [0.25, 0.3) is 0 Å². The van der Waals surface area contributed by atoms with E-state index in [-0.39, 0.29) is 12.4 Å². The molecule has 2 atom stereocenters. The van der Waals surface area contributed by atoms with Crippen molar-refractivity contribution in [2.24, 2.45) is 0 Å².